The summed E-state index contributed by atoms with van der Waals surface area (Å²) in [7, 11) is 1.64. The molecule has 27 heavy (non-hydrogen) atoms. The molecule has 0 radical (unpaired) electrons. The van der Waals surface area contributed by atoms with Gasteiger partial charge >= 0.3 is 0 Å². The lowest BCUT2D eigenvalue weighted by Gasteiger charge is -2.17. The fraction of sp³-hybridized carbons (Fsp3) is 0.238. The lowest BCUT2D eigenvalue weighted by molar-refractivity contribution is -0.133. The van der Waals surface area contributed by atoms with Gasteiger partial charge in [-0.05, 0) is 42.7 Å². The maximum Gasteiger partial charge on any atom is 0.243 e. The van der Waals surface area contributed by atoms with E-state index in [1.165, 1.54) is 15.8 Å². The molecular weight excluding hydrogens is 362 g/mol. The molecule has 0 spiro atoms. The highest BCUT2D eigenvalue weighted by molar-refractivity contribution is 6.30. The first-order valence-corrected chi connectivity index (χ1v) is 9.25. The molecule has 2 N–H and O–H groups in total. The van der Waals surface area contributed by atoms with Crippen LogP contribution in [0.15, 0.2) is 54.7 Å². The highest BCUT2D eigenvalue weighted by Gasteiger charge is 2.13. The summed E-state index contributed by atoms with van der Waals surface area (Å²) in [6, 6.07) is 15.0. The fourth-order valence-electron chi connectivity index (χ4n) is 3.03. The largest absolute Gasteiger partial charge is 0.361 e. The van der Waals surface area contributed by atoms with E-state index in [0.717, 1.165) is 18.4 Å². The first-order valence-electron chi connectivity index (χ1n) is 8.87. The number of hydrogen-bond acceptors (Lipinski definition) is 2. The molecule has 0 saturated carbocycles. The molecule has 3 rings (SSSR count). The highest BCUT2D eigenvalue weighted by Crippen LogP contribution is 2.19. The lowest BCUT2D eigenvalue weighted by atomic mass is 10.1. The van der Waals surface area contributed by atoms with Crippen molar-refractivity contribution in [1.29, 1.82) is 0 Å². The van der Waals surface area contributed by atoms with Gasteiger partial charge in [-0.15, -0.1) is 0 Å². The van der Waals surface area contributed by atoms with Crippen molar-refractivity contribution in [1.82, 2.24) is 9.88 Å². The Hall–Kier alpha value is -2.79. The molecule has 0 unspecified atom stereocenters. The number of para-hydroxylation sites is 1. The van der Waals surface area contributed by atoms with E-state index in [1.54, 1.807) is 31.3 Å². The van der Waals surface area contributed by atoms with Crippen molar-refractivity contribution in [2.45, 2.75) is 19.3 Å². The zero-order valence-electron chi connectivity index (χ0n) is 15.2. The van der Waals surface area contributed by atoms with Crippen LogP contribution in [0.3, 0.4) is 0 Å². The number of nitrogens with zero attached hydrogens (tertiary/aromatic N) is 1. The minimum Gasteiger partial charge on any atom is -0.361 e. The van der Waals surface area contributed by atoms with Crippen LogP contribution in [0.2, 0.25) is 5.02 Å². The van der Waals surface area contributed by atoms with Crippen LogP contribution in [-0.4, -0.2) is 35.3 Å². The molecule has 0 bridgehead atoms. The molecule has 1 aromatic heterocycles. The van der Waals surface area contributed by atoms with Crippen molar-refractivity contribution < 1.29 is 9.59 Å². The number of rotatable bonds is 7. The monoisotopic (exact) mass is 383 g/mol. The second kappa shape index (κ2) is 8.73. The number of H-pyrrole nitrogens is 1. The van der Waals surface area contributed by atoms with Gasteiger partial charge in [0, 0.05) is 41.3 Å². The van der Waals surface area contributed by atoms with Crippen LogP contribution in [0, 0.1) is 0 Å². The van der Waals surface area contributed by atoms with E-state index in [-0.39, 0.29) is 18.4 Å². The number of halogens is 1. The van der Waals surface area contributed by atoms with Gasteiger partial charge in [-0.2, -0.15) is 0 Å². The Morgan fingerprint density at radius 2 is 1.96 bits per heavy atom. The molecule has 0 aliphatic rings. The number of carbonyl (C=O) groups is 2. The Morgan fingerprint density at radius 3 is 2.78 bits per heavy atom. The van der Waals surface area contributed by atoms with Crippen molar-refractivity contribution in [3.8, 4) is 0 Å². The number of likely N-dealkylation sites (N-methyl/N-ethyl adjacent to an activating group) is 1. The zero-order chi connectivity index (χ0) is 19.2. The summed E-state index contributed by atoms with van der Waals surface area (Å²) in [6.45, 7) is 0.0123. The Balaban J connectivity index is 1.45. The van der Waals surface area contributed by atoms with Crippen LogP contribution in [0.5, 0.6) is 0 Å². The number of aryl methyl sites for hydroxylation is 1. The summed E-state index contributed by atoms with van der Waals surface area (Å²) in [5.74, 6) is -0.291. The second-order valence-corrected chi connectivity index (χ2v) is 6.96. The Kier molecular flexibility index (Phi) is 6.14. The summed E-state index contributed by atoms with van der Waals surface area (Å²) < 4.78 is 0. The van der Waals surface area contributed by atoms with Crippen LogP contribution in [0.25, 0.3) is 10.9 Å². The summed E-state index contributed by atoms with van der Waals surface area (Å²) in [4.78, 5) is 29.1. The standard InChI is InChI=1S/C21H22ClN3O2/c1-25(14-20(26)24-17-8-5-7-16(22)12-17)21(27)11-4-6-15-13-23-19-10-3-2-9-18(15)19/h2-3,5,7-10,12-13,23H,4,6,11,14H2,1H3,(H,24,26). The molecular formula is C21H22ClN3O2. The zero-order valence-corrected chi connectivity index (χ0v) is 15.9. The van der Waals surface area contributed by atoms with Crippen molar-refractivity contribution in [3.63, 3.8) is 0 Å². The minimum atomic E-state index is -0.246. The predicted molar refractivity (Wildman–Crippen MR) is 109 cm³/mol. The Labute approximate surface area is 163 Å². The van der Waals surface area contributed by atoms with Gasteiger partial charge in [0.15, 0.2) is 0 Å². The molecule has 6 heteroatoms. The van der Waals surface area contributed by atoms with Gasteiger partial charge in [0.25, 0.3) is 0 Å². The topological polar surface area (TPSA) is 65.2 Å². The molecule has 140 valence electrons. The van der Waals surface area contributed by atoms with Crippen LogP contribution in [0.4, 0.5) is 5.69 Å². The van der Waals surface area contributed by atoms with Crippen LogP contribution in [0.1, 0.15) is 18.4 Å². The Morgan fingerprint density at radius 1 is 1.15 bits per heavy atom. The molecule has 0 aliphatic carbocycles. The van der Waals surface area contributed by atoms with Gasteiger partial charge < -0.3 is 15.2 Å². The van der Waals surface area contributed by atoms with Gasteiger partial charge in [-0.1, -0.05) is 35.9 Å². The molecule has 3 aromatic rings. The van der Waals surface area contributed by atoms with E-state index in [9.17, 15) is 9.59 Å². The van der Waals surface area contributed by atoms with Crippen LogP contribution >= 0.6 is 11.6 Å². The molecule has 0 atom stereocenters. The number of benzene rings is 2. The lowest BCUT2D eigenvalue weighted by Crippen LogP contribution is -2.34. The molecule has 1 heterocycles. The van der Waals surface area contributed by atoms with Crippen molar-refractivity contribution in [3.05, 3.63) is 65.3 Å². The molecule has 2 aromatic carbocycles. The van der Waals surface area contributed by atoms with Crippen LogP contribution < -0.4 is 5.32 Å². The van der Waals surface area contributed by atoms with Gasteiger partial charge in [0.2, 0.25) is 11.8 Å². The van der Waals surface area contributed by atoms with Crippen LogP contribution in [-0.2, 0) is 16.0 Å². The number of carbonyl (C=O) groups excluding carboxylic acids is 2. The predicted octanol–water partition coefficient (Wildman–Crippen LogP) is 4.24. The van der Waals surface area contributed by atoms with Gasteiger partial charge in [0.1, 0.15) is 0 Å². The third-order valence-corrected chi connectivity index (χ3v) is 4.66. The molecule has 2 amide bonds. The SMILES string of the molecule is CN(CC(=O)Nc1cccc(Cl)c1)C(=O)CCCc1c[nH]c2ccccc12. The number of nitrogens with one attached hydrogen (secondary N) is 2. The van der Waals surface area contributed by atoms with Gasteiger partial charge in [-0.25, -0.2) is 0 Å². The first kappa shape index (κ1) is 19.0. The summed E-state index contributed by atoms with van der Waals surface area (Å²) in [5, 5.41) is 4.49. The number of fused-ring (bicyclic) bond motifs is 1. The summed E-state index contributed by atoms with van der Waals surface area (Å²) >= 11 is 5.90. The number of aromatic amines is 1. The van der Waals surface area contributed by atoms with Crippen molar-refractivity contribution in [2.75, 3.05) is 18.9 Å². The minimum absolute atomic E-state index is 0.0123. The third-order valence-electron chi connectivity index (χ3n) is 4.43. The smallest absolute Gasteiger partial charge is 0.243 e. The molecule has 0 aliphatic heterocycles. The quantitative estimate of drug-likeness (QED) is 0.640. The average Bonchev–Trinajstić information content (AvgIpc) is 3.05. The van der Waals surface area contributed by atoms with E-state index in [1.807, 2.05) is 24.4 Å². The third kappa shape index (κ3) is 5.11. The number of hydrogen-bond donors (Lipinski definition) is 2. The molecule has 5 nitrogen and oxygen atoms in total. The fourth-order valence-corrected chi connectivity index (χ4v) is 3.22. The Bertz CT molecular complexity index is 951. The van der Waals surface area contributed by atoms with E-state index in [4.69, 9.17) is 11.6 Å². The van der Waals surface area contributed by atoms with E-state index in [2.05, 4.69) is 16.4 Å². The van der Waals surface area contributed by atoms with E-state index in [0.29, 0.717) is 17.1 Å². The summed E-state index contributed by atoms with van der Waals surface area (Å²) in [6.07, 6.45) is 3.96. The first-order chi connectivity index (χ1) is 13.0. The summed E-state index contributed by atoms with van der Waals surface area (Å²) in [5.41, 5.74) is 2.93. The molecule has 0 fully saturated rings. The highest BCUT2D eigenvalue weighted by atomic mass is 35.5. The van der Waals surface area contributed by atoms with Crippen molar-refractivity contribution in [2.24, 2.45) is 0 Å². The number of anilines is 1. The van der Waals surface area contributed by atoms with Gasteiger partial charge in [-0.3, -0.25) is 9.59 Å². The normalized spacial score (nSPS) is 10.7. The average molecular weight is 384 g/mol. The van der Waals surface area contributed by atoms with E-state index >= 15 is 0 Å². The van der Waals surface area contributed by atoms with Crippen molar-refractivity contribution >= 4 is 40.0 Å². The number of amides is 2. The van der Waals surface area contributed by atoms with E-state index < -0.39 is 0 Å². The number of aromatic nitrogens is 1. The van der Waals surface area contributed by atoms with Gasteiger partial charge in [0.05, 0.1) is 6.54 Å². The second-order valence-electron chi connectivity index (χ2n) is 6.52. The maximum atomic E-state index is 12.3. The maximum absolute atomic E-state index is 12.3. The molecule has 0 saturated heterocycles.